The number of nitrogens with zero attached hydrogens (tertiary/aromatic N) is 2. The van der Waals surface area contributed by atoms with Crippen molar-refractivity contribution in [2.45, 2.75) is 25.4 Å². The van der Waals surface area contributed by atoms with Crippen LogP contribution >= 0.6 is 0 Å². The summed E-state index contributed by atoms with van der Waals surface area (Å²) in [5.74, 6) is 0.0805. The molecule has 114 valence electrons. The van der Waals surface area contributed by atoms with Gasteiger partial charge in [-0.1, -0.05) is 0 Å². The molecule has 5 nitrogen and oxygen atoms in total. The standard InChI is InChI=1S/C16H22N2O3/c1-20-12-16-6-2-10-21-14(16)5-9-18(11-16)15(19)13-3-7-17-8-4-13/h3-4,7-8,14H,2,5-6,9-12H2,1H3/t14-,16+/m0/s1. The Kier molecular flexibility index (Phi) is 4.22. The van der Waals surface area contributed by atoms with Gasteiger partial charge in [-0.15, -0.1) is 0 Å². The van der Waals surface area contributed by atoms with Crippen LogP contribution in [-0.2, 0) is 9.47 Å². The maximum Gasteiger partial charge on any atom is 0.253 e. The fraction of sp³-hybridized carbons (Fsp3) is 0.625. The molecule has 0 saturated carbocycles. The molecule has 1 aromatic heterocycles. The topological polar surface area (TPSA) is 51.7 Å². The fourth-order valence-electron chi connectivity index (χ4n) is 3.64. The van der Waals surface area contributed by atoms with E-state index >= 15 is 0 Å². The number of amides is 1. The monoisotopic (exact) mass is 290 g/mol. The van der Waals surface area contributed by atoms with Crippen LogP contribution in [0.5, 0.6) is 0 Å². The molecule has 1 amide bonds. The molecular formula is C16H22N2O3. The first kappa shape index (κ1) is 14.5. The lowest BCUT2D eigenvalue weighted by molar-refractivity contribution is -0.142. The Morgan fingerprint density at radius 1 is 1.52 bits per heavy atom. The van der Waals surface area contributed by atoms with Crippen LogP contribution < -0.4 is 0 Å². The number of pyridine rings is 1. The number of fused-ring (bicyclic) bond motifs is 1. The number of hydrogen-bond acceptors (Lipinski definition) is 4. The van der Waals surface area contributed by atoms with Crippen molar-refractivity contribution in [3.05, 3.63) is 30.1 Å². The number of piperidine rings is 1. The van der Waals surface area contributed by atoms with Crippen molar-refractivity contribution in [1.29, 1.82) is 0 Å². The molecule has 0 N–H and O–H groups in total. The molecule has 0 spiro atoms. The average Bonchev–Trinajstić information content (AvgIpc) is 2.54. The Hall–Kier alpha value is -1.46. The van der Waals surface area contributed by atoms with E-state index in [-0.39, 0.29) is 17.4 Å². The summed E-state index contributed by atoms with van der Waals surface area (Å²) in [6.45, 7) is 2.94. The van der Waals surface area contributed by atoms with Gasteiger partial charge in [-0.05, 0) is 31.4 Å². The van der Waals surface area contributed by atoms with Crippen LogP contribution in [0.25, 0.3) is 0 Å². The van der Waals surface area contributed by atoms with E-state index in [0.717, 1.165) is 32.4 Å². The highest BCUT2D eigenvalue weighted by Crippen LogP contribution is 2.40. The molecule has 0 radical (unpaired) electrons. The summed E-state index contributed by atoms with van der Waals surface area (Å²) in [6.07, 6.45) is 6.53. The van der Waals surface area contributed by atoms with Crippen molar-refractivity contribution < 1.29 is 14.3 Å². The second kappa shape index (κ2) is 6.12. The minimum Gasteiger partial charge on any atom is -0.384 e. The third-order valence-electron chi connectivity index (χ3n) is 4.63. The lowest BCUT2D eigenvalue weighted by Crippen LogP contribution is -2.58. The molecule has 3 rings (SSSR count). The number of ether oxygens (including phenoxy) is 2. The summed E-state index contributed by atoms with van der Waals surface area (Å²) < 4.78 is 11.4. The van der Waals surface area contributed by atoms with Crippen molar-refractivity contribution in [2.75, 3.05) is 33.4 Å². The Morgan fingerprint density at radius 2 is 2.33 bits per heavy atom. The normalized spacial score (nSPS) is 29.0. The van der Waals surface area contributed by atoms with Crippen LogP contribution in [0.4, 0.5) is 0 Å². The SMILES string of the molecule is COC[C@]12CCCO[C@H]1CCN(C(=O)c1ccncc1)C2. The summed E-state index contributed by atoms with van der Waals surface area (Å²) in [5, 5.41) is 0. The molecule has 0 aliphatic carbocycles. The zero-order valence-electron chi connectivity index (χ0n) is 12.5. The van der Waals surface area contributed by atoms with Crippen LogP contribution in [0.1, 0.15) is 29.6 Å². The highest BCUT2D eigenvalue weighted by atomic mass is 16.5. The van der Waals surface area contributed by atoms with E-state index in [1.807, 2.05) is 4.90 Å². The van der Waals surface area contributed by atoms with E-state index < -0.39 is 0 Å². The first-order valence-electron chi connectivity index (χ1n) is 7.55. The van der Waals surface area contributed by atoms with Crippen LogP contribution in [0.2, 0.25) is 0 Å². The molecule has 21 heavy (non-hydrogen) atoms. The minimum atomic E-state index is -0.0477. The van der Waals surface area contributed by atoms with Gasteiger partial charge in [0.2, 0.25) is 0 Å². The largest absolute Gasteiger partial charge is 0.384 e. The molecule has 2 aliphatic heterocycles. The van der Waals surface area contributed by atoms with Gasteiger partial charge in [0.25, 0.3) is 5.91 Å². The number of carbonyl (C=O) groups is 1. The maximum atomic E-state index is 12.6. The first-order valence-corrected chi connectivity index (χ1v) is 7.55. The Balaban J connectivity index is 1.78. The van der Waals surface area contributed by atoms with Gasteiger partial charge in [-0.2, -0.15) is 0 Å². The predicted molar refractivity (Wildman–Crippen MR) is 78.0 cm³/mol. The summed E-state index contributed by atoms with van der Waals surface area (Å²) in [6, 6.07) is 3.55. The predicted octanol–water partition coefficient (Wildman–Crippen LogP) is 1.74. The van der Waals surface area contributed by atoms with Gasteiger partial charge in [0, 0.05) is 50.2 Å². The molecule has 2 saturated heterocycles. The Labute approximate surface area is 125 Å². The average molecular weight is 290 g/mol. The number of aromatic nitrogens is 1. The second-order valence-corrected chi connectivity index (χ2v) is 6.01. The number of methoxy groups -OCH3 is 1. The fourth-order valence-corrected chi connectivity index (χ4v) is 3.64. The lowest BCUT2D eigenvalue weighted by Gasteiger charge is -2.50. The van der Waals surface area contributed by atoms with E-state index in [2.05, 4.69) is 4.98 Å². The zero-order valence-corrected chi connectivity index (χ0v) is 12.5. The van der Waals surface area contributed by atoms with Crippen molar-refractivity contribution in [3.63, 3.8) is 0 Å². The highest BCUT2D eigenvalue weighted by Gasteiger charge is 2.47. The molecule has 2 aliphatic rings. The summed E-state index contributed by atoms with van der Waals surface area (Å²) in [4.78, 5) is 18.6. The van der Waals surface area contributed by atoms with Gasteiger partial charge in [-0.3, -0.25) is 9.78 Å². The molecular weight excluding hydrogens is 268 g/mol. The Morgan fingerprint density at radius 3 is 3.10 bits per heavy atom. The van der Waals surface area contributed by atoms with Crippen LogP contribution in [0, 0.1) is 5.41 Å². The van der Waals surface area contributed by atoms with Gasteiger partial charge >= 0.3 is 0 Å². The third kappa shape index (κ3) is 2.80. The maximum absolute atomic E-state index is 12.6. The van der Waals surface area contributed by atoms with E-state index in [0.29, 0.717) is 18.7 Å². The van der Waals surface area contributed by atoms with E-state index in [1.165, 1.54) is 0 Å². The lowest BCUT2D eigenvalue weighted by atomic mass is 9.73. The molecule has 2 atom stereocenters. The van der Waals surface area contributed by atoms with Crippen LogP contribution in [-0.4, -0.2) is 55.3 Å². The summed E-state index contributed by atoms with van der Waals surface area (Å²) >= 11 is 0. The van der Waals surface area contributed by atoms with E-state index in [9.17, 15) is 4.79 Å². The van der Waals surface area contributed by atoms with Crippen LogP contribution in [0.3, 0.4) is 0 Å². The minimum absolute atomic E-state index is 0.0477. The summed E-state index contributed by atoms with van der Waals surface area (Å²) in [7, 11) is 1.73. The molecule has 0 unspecified atom stereocenters. The molecule has 0 bridgehead atoms. The second-order valence-electron chi connectivity index (χ2n) is 6.01. The van der Waals surface area contributed by atoms with E-state index in [4.69, 9.17) is 9.47 Å². The van der Waals surface area contributed by atoms with Crippen molar-refractivity contribution in [2.24, 2.45) is 5.41 Å². The third-order valence-corrected chi connectivity index (χ3v) is 4.63. The van der Waals surface area contributed by atoms with Gasteiger partial charge in [0.1, 0.15) is 0 Å². The molecule has 2 fully saturated rings. The summed E-state index contributed by atoms with van der Waals surface area (Å²) in [5.41, 5.74) is 0.654. The smallest absolute Gasteiger partial charge is 0.253 e. The number of hydrogen-bond donors (Lipinski definition) is 0. The van der Waals surface area contributed by atoms with E-state index in [1.54, 1.807) is 31.6 Å². The van der Waals surface area contributed by atoms with Gasteiger partial charge in [0.05, 0.1) is 12.7 Å². The number of carbonyl (C=O) groups excluding carboxylic acids is 1. The highest BCUT2D eigenvalue weighted by molar-refractivity contribution is 5.94. The molecule has 3 heterocycles. The molecule has 1 aromatic rings. The number of likely N-dealkylation sites (tertiary alicyclic amines) is 1. The van der Waals surface area contributed by atoms with Gasteiger partial charge in [-0.25, -0.2) is 0 Å². The quantitative estimate of drug-likeness (QED) is 0.851. The molecule has 0 aromatic carbocycles. The van der Waals surface area contributed by atoms with Gasteiger partial charge < -0.3 is 14.4 Å². The number of rotatable bonds is 3. The van der Waals surface area contributed by atoms with Gasteiger partial charge in [0.15, 0.2) is 0 Å². The molecule has 5 heteroatoms. The zero-order chi connectivity index (χ0) is 14.7. The van der Waals surface area contributed by atoms with Crippen LogP contribution in [0.15, 0.2) is 24.5 Å². The Bertz CT molecular complexity index is 490. The van der Waals surface area contributed by atoms with Crippen molar-refractivity contribution >= 4 is 5.91 Å². The van der Waals surface area contributed by atoms with Crippen molar-refractivity contribution in [3.8, 4) is 0 Å². The van der Waals surface area contributed by atoms with Crippen molar-refractivity contribution in [1.82, 2.24) is 9.88 Å². The first-order chi connectivity index (χ1) is 10.2.